The first-order chi connectivity index (χ1) is 6.70. The van der Waals surface area contributed by atoms with Crippen LogP contribution in [-0.2, 0) is 7.05 Å². The molecule has 2 aromatic rings. The molecule has 4 heteroatoms. The Bertz CT molecular complexity index is 462. The SMILES string of the molecule is CCOc1cc2nn(C)nc2cc1C. The molecular formula is C10H13N3O. The van der Waals surface area contributed by atoms with E-state index in [-0.39, 0.29) is 0 Å². The van der Waals surface area contributed by atoms with Crippen LogP contribution in [0.3, 0.4) is 0 Å². The van der Waals surface area contributed by atoms with Crippen LogP contribution in [0.1, 0.15) is 12.5 Å². The number of nitrogens with zero attached hydrogens (tertiary/aromatic N) is 3. The van der Waals surface area contributed by atoms with E-state index in [9.17, 15) is 0 Å². The third-order valence-corrected chi connectivity index (χ3v) is 2.08. The molecule has 74 valence electrons. The van der Waals surface area contributed by atoms with Crippen LogP contribution in [0.2, 0.25) is 0 Å². The van der Waals surface area contributed by atoms with Gasteiger partial charge in [0.2, 0.25) is 0 Å². The van der Waals surface area contributed by atoms with Gasteiger partial charge in [-0.25, -0.2) is 0 Å². The van der Waals surface area contributed by atoms with Gasteiger partial charge in [-0.3, -0.25) is 0 Å². The highest BCUT2D eigenvalue weighted by atomic mass is 16.5. The zero-order chi connectivity index (χ0) is 10.1. The number of ether oxygens (including phenoxy) is 1. The van der Waals surface area contributed by atoms with E-state index in [4.69, 9.17) is 4.74 Å². The minimum atomic E-state index is 0.673. The molecule has 0 amide bonds. The summed E-state index contributed by atoms with van der Waals surface area (Å²) in [4.78, 5) is 1.57. The average molecular weight is 191 g/mol. The van der Waals surface area contributed by atoms with Gasteiger partial charge >= 0.3 is 0 Å². The molecule has 0 atom stereocenters. The summed E-state index contributed by atoms with van der Waals surface area (Å²) in [5.41, 5.74) is 2.88. The number of aromatic nitrogens is 3. The predicted molar refractivity (Wildman–Crippen MR) is 54.4 cm³/mol. The van der Waals surface area contributed by atoms with Gasteiger partial charge in [0.15, 0.2) is 0 Å². The van der Waals surface area contributed by atoms with E-state index in [2.05, 4.69) is 10.2 Å². The van der Waals surface area contributed by atoms with Crippen LogP contribution in [-0.4, -0.2) is 21.6 Å². The molecule has 0 spiro atoms. The van der Waals surface area contributed by atoms with E-state index < -0.39 is 0 Å². The van der Waals surface area contributed by atoms with E-state index in [1.165, 1.54) is 0 Å². The van der Waals surface area contributed by atoms with E-state index in [0.717, 1.165) is 22.3 Å². The Hall–Kier alpha value is -1.58. The lowest BCUT2D eigenvalue weighted by atomic mass is 10.2. The van der Waals surface area contributed by atoms with Crippen molar-refractivity contribution in [2.24, 2.45) is 7.05 Å². The van der Waals surface area contributed by atoms with Crippen LogP contribution in [0.15, 0.2) is 12.1 Å². The second-order valence-electron chi connectivity index (χ2n) is 3.23. The Morgan fingerprint density at radius 1 is 1.29 bits per heavy atom. The van der Waals surface area contributed by atoms with Crippen molar-refractivity contribution in [3.63, 3.8) is 0 Å². The standard InChI is InChI=1S/C10H13N3O/c1-4-14-10-6-9-8(5-7(10)2)11-13(3)12-9/h5-6H,4H2,1-3H3. The van der Waals surface area contributed by atoms with Crippen LogP contribution in [0, 0.1) is 6.92 Å². The van der Waals surface area contributed by atoms with Crippen LogP contribution >= 0.6 is 0 Å². The summed E-state index contributed by atoms with van der Waals surface area (Å²) in [5.74, 6) is 0.889. The van der Waals surface area contributed by atoms with Crippen molar-refractivity contribution in [2.45, 2.75) is 13.8 Å². The average Bonchev–Trinajstić information content (AvgIpc) is 2.45. The Labute approximate surface area is 82.5 Å². The maximum absolute atomic E-state index is 5.48. The summed E-state index contributed by atoms with van der Waals surface area (Å²) in [6.45, 7) is 4.66. The van der Waals surface area contributed by atoms with E-state index in [0.29, 0.717) is 6.61 Å². The summed E-state index contributed by atoms with van der Waals surface area (Å²) in [7, 11) is 1.82. The van der Waals surface area contributed by atoms with Gasteiger partial charge in [0.1, 0.15) is 16.8 Å². The zero-order valence-electron chi connectivity index (χ0n) is 8.61. The van der Waals surface area contributed by atoms with Crippen molar-refractivity contribution in [1.82, 2.24) is 15.0 Å². The van der Waals surface area contributed by atoms with Crippen molar-refractivity contribution in [1.29, 1.82) is 0 Å². The first kappa shape index (κ1) is 8.99. The second-order valence-corrected chi connectivity index (χ2v) is 3.23. The molecule has 0 unspecified atom stereocenters. The van der Waals surface area contributed by atoms with Gasteiger partial charge < -0.3 is 4.74 Å². The van der Waals surface area contributed by atoms with Crippen molar-refractivity contribution in [3.8, 4) is 5.75 Å². The highest BCUT2D eigenvalue weighted by Gasteiger charge is 2.05. The van der Waals surface area contributed by atoms with Crippen molar-refractivity contribution in [3.05, 3.63) is 17.7 Å². The van der Waals surface area contributed by atoms with E-state index in [1.54, 1.807) is 4.80 Å². The number of rotatable bonds is 2. The quantitative estimate of drug-likeness (QED) is 0.725. The lowest BCUT2D eigenvalue weighted by Crippen LogP contribution is -1.93. The van der Waals surface area contributed by atoms with Crippen molar-refractivity contribution in [2.75, 3.05) is 6.61 Å². The number of fused-ring (bicyclic) bond motifs is 1. The summed E-state index contributed by atoms with van der Waals surface area (Å²) < 4.78 is 5.48. The van der Waals surface area contributed by atoms with Crippen LogP contribution < -0.4 is 4.74 Å². The smallest absolute Gasteiger partial charge is 0.124 e. The molecular weight excluding hydrogens is 178 g/mol. The zero-order valence-corrected chi connectivity index (χ0v) is 8.61. The lowest BCUT2D eigenvalue weighted by Gasteiger charge is -2.05. The molecule has 14 heavy (non-hydrogen) atoms. The van der Waals surface area contributed by atoms with Gasteiger partial charge in [-0.2, -0.15) is 15.0 Å². The molecule has 1 aromatic carbocycles. The summed E-state index contributed by atoms with van der Waals surface area (Å²) in [6.07, 6.45) is 0. The molecule has 0 aliphatic heterocycles. The molecule has 0 fully saturated rings. The fourth-order valence-electron chi connectivity index (χ4n) is 1.47. The maximum atomic E-state index is 5.48. The van der Waals surface area contributed by atoms with Gasteiger partial charge in [0, 0.05) is 13.1 Å². The molecule has 4 nitrogen and oxygen atoms in total. The van der Waals surface area contributed by atoms with E-state index >= 15 is 0 Å². The Morgan fingerprint density at radius 2 is 1.93 bits per heavy atom. The van der Waals surface area contributed by atoms with Crippen molar-refractivity contribution >= 4 is 11.0 Å². The Kier molecular flexibility index (Phi) is 2.11. The molecule has 0 aliphatic rings. The van der Waals surface area contributed by atoms with Gasteiger partial charge in [0.25, 0.3) is 0 Å². The van der Waals surface area contributed by atoms with Crippen LogP contribution in [0.5, 0.6) is 5.75 Å². The summed E-state index contributed by atoms with van der Waals surface area (Å²) in [6, 6.07) is 3.93. The topological polar surface area (TPSA) is 39.9 Å². The largest absolute Gasteiger partial charge is 0.494 e. The molecule has 0 aliphatic carbocycles. The number of hydrogen-bond donors (Lipinski definition) is 0. The first-order valence-corrected chi connectivity index (χ1v) is 4.65. The Balaban J connectivity index is 2.58. The number of hydrogen-bond acceptors (Lipinski definition) is 3. The molecule has 0 N–H and O–H groups in total. The second kappa shape index (κ2) is 3.29. The fraction of sp³-hybridized carbons (Fsp3) is 0.400. The van der Waals surface area contributed by atoms with E-state index in [1.807, 2.05) is 33.0 Å². The van der Waals surface area contributed by atoms with Crippen LogP contribution in [0.25, 0.3) is 11.0 Å². The minimum absolute atomic E-state index is 0.673. The highest BCUT2D eigenvalue weighted by Crippen LogP contribution is 2.22. The van der Waals surface area contributed by atoms with Crippen LogP contribution in [0.4, 0.5) is 0 Å². The summed E-state index contributed by atoms with van der Waals surface area (Å²) in [5, 5.41) is 8.45. The minimum Gasteiger partial charge on any atom is -0.494 e. The molecule has 0 radical (unpaired) electrons. The van der Waals surface area contributed by atoms with Gasteiger partial charge in [0.05, 0.1) is 6.61 Å². The molecule has 0 saturated carbocycles. The summed E-state index contributed by atoms with van der Waals surface area (Å²) >= 11 is 0. The predicted octanol–water partition coefficient (Wildman–Crippen LogP) is 1.68. The third-order valence-electron chi connectivity index (χ3n) is 2.08. The molecule has 1 aromatic heterocycles. The monoisotopic (exact) mass is 191 g/mol. The number of benzene rings is 1. The Morgan fingerprint density at radius 3 is 2.57 bits per heavy atom. The molecule has 0 saturated heterocycles. The van der Waals surface area contributed by atoms with Gasteiger partial charge in [-0.1, -0.05) is 0 Å². The van der Waals surface area contributed by atoms with Crippen molar-refractivity contribution < 1.29 is 4.74 Å². The fourth-order valence-corrected chi connectivity index (χ4v) is 1.47. The first-order valence-electron chi connectivity index (χ1n) is 4.65. The number of aryl methyl sites for hydroxylation is 2. The van der Waals surface area contributed by atoms with Gasteiger partial charge in [-0.05, 0) is 25.5 Å². The third kappa shape index (κ3) is 1.43. The lowest BCUT2D eigenvalue weighted by molar-refractivity contribution is 0.338. The normalized spacial score (nSPS) is 10.8. The molecule has 2 rings (SSSR count). The highest BCUT2D eigenvalue weighted by molar-refractivity contribution is 5.76. The van der Waals surface area contributed by atoms with Gasteiger partial charge in [-0.15, -0.1) is 0 Å². The molecule has 0 bridgehead atoms. The maximum Gasteiger partial charge on any atom is 0.124 e. The molecule has 1 heterocycles.